The molecule has 2 heterocycles. The van der Waals surface area contributed by atoms with E-state index >= 15 is 0 Å². The number of benzene rings is 1. The summed E-state index contributed by atoms with van der Waals surface area (Å²) in [5.41, 5.74) is 4.59. The van der Waals surface area contributed by atoms with Gasteiger partial charge in [-0.15, -0.1) is 11.3 Å². The fourth-order valence-electron chi connectivity index (χ4n) is 3.61. The average molecular weight is 309 g/mol. The van der Waals surface area contributed by atoms with Crippen LogP contribution in [0, 0.1) is 12.3 Å². The number of hydrazone groups is 1. The smallest absolute Gasteiger partial charge is 0.0703 e. The second-order valence-electron chi connectivity index (χ2n) is 6.91. The van der Waals surface area contributed by atoms with Crippen molar-refractivity contribution in [3.63, 3.8) is 0 Å². The molecule has 22 heavy (non-hydrogen) atoms. The van der Waals surface area contributed by atoms with Crippen LogP contribution in [-0.2, 0) is 6.42 Å². The molecule has 1 aliphatic rings. The van der Waals surface area contributed by atoms with Crippen molar-refractivity contribution >= 4 is 37.2 Å². The van der Waals surface area contributed by atoms with Crippen molar-refractivity contribution in [1.82, 2.24) is 4.98 Å². The van der Waals surface area contributed by atoms with Crippen molar-refractivity contribution in [2.45, 2.75) is 33.6 Å². The maximum Gasteiger partial charge on any atom is 0.0703 e. The molecule has 0 fully saturated rings. The third kappa shape index (κ3) is 1.87. The molecular formula is C18H19N3S. The van der Waals surface area contributed by atoms with Gasteiger partial charge in [0, 0.05) is 21.0 Å². The molecular weight excluding hydrogens is 290 g/mol. The first-order valence-corrected chi connectivity index (χ1v) is 8.40. The van der Waals surface area contributed by atoms with Gasteiger partial charge in [0.25, 0.3) is 0 Å². The Balaban J connectivity index is 2.19. The normalized spacial score (nSPS) is 19.0. The van der Waals surface area contributed by atoms with E-state index < -0.39 is 0 Å². The number of thiophene rings is 1. The van der Waals surface area contributed by atoms with Crippen LogP contribution in [0.3, 0.4) is 0 Å². The maximum atomic E-state index is 5.74. The van der Waals surface area contributed by atoms with Gasteiger partial charge in [0.2, 0.25) is 0 Å². The minimum atomic E-state index is 0.157. The van der Waals surface area contributed by atoms with Gasteiger partial charge in [0.05, 0.1) is 21.8 Å². The van der Waals surface area contributed by atoms with E-state index in [1.807, 2.05) is 11.3 Å². The van der Waals surface area contributed by atoms with Crippen molar-refractivity contribution in [3.8, 4) is 0 Å². The number of nitrogens with zero attached hydrogens (tertiary/aromatic N) is 2. The van der Waals surface area contributed by atoms with Gasteiger partial charge < -0.3 is 5.84 Å². The Bertz CT molecular complexity index is 934. The minimum absolute atomic E-state index is 0.157. The number of aryl methyl sites for hydroxylation is 1. The summed E-state index contributed by atoms with van der Waals surface area (Å²) in [4.78, 5) is 4.90. The number of pyridine rings is 1. The molecule has 1 aliphatic carbocycles. The zero-order valence-electron chi connectivity index (χ0n) is 13.1. The molecule has 0 bridgehead atoms. The molecule has 0 saturated carbocycles. The van der Waals surface area contributed by atoms with Gasteiger partial charge in [-0.25, -0.2) is 0 Å². The molecule has 0 amide bonds. The zero-order chi connectivity index (χ0) is 15.5. The summed E-state index contributed by atoms with van der Waals surface area (Å²) >= 11 is 1.82. The average Bonchev–Trinajstić information content (AvgIpc) is 2.85. The Morgan fingerprint density at radius 3 is 2.77 bits per heavy atom. The van der Waals surface area contributed by atoms with Crippen molar-refractivity contribution < 1.29 is 0 Å². The second kappa shape index (κ2) is 4.53. The van der Waals surface area contributed by atoms with E-state index in [4.69, 9.17) is 10.8 Å². The summed E-state index contributed by atoms with van der Waals surface area (Å²) in [6.07, 6.45) is 1.88. The molecule has 0 aliphatic heterocycles. The van der Waals surface area contributed by atoms with Crippen LogP contribution in [0.5, 0.6) is 0 Å². The largest absolute Gasteiger partial charge is 0.323 e. The minimum Gasteiger partial charge on any atom is -0.323 e. The summed E-state index contributed by atoms with van der Waals surface area (Å²) in [6, 6.07) is 8.57. The molecule has 2 N–H and O–H groups in total. The molecule has 112 valence electrons. The first kappa shape index (κ1) is 13.7. The van der Waals surface area contributed by atoms with Crippen LogP contribution < -0.4 is 5.84 Å². The molecule has 3 nitrogen and oxygen atoms in total. The predicted molar refractivity (Wildman–Crippen MR) is 94.7 cm³/mol. The maximum absolute atomic E-state index is 5.74. The highest BCUT2D eigenvalue weighted by Gasteiger charge is 2.33. The Kier molecular flexibility index (Phi) is 2.82. The SMILES string of the molecule is Cc1nc2c(c3c1sc1ccccc13)/C(=N\N)CC(C)(C)C2. The van der Waals surface area contributed by atoms with Crippen LogP contribution in [0.2, 0.25) is 0 Å². The Hall–Kier alpha value is -1.94. The van der Waals surface area contributed by atoms with Crippen LogP contribution in [0.1, 0.15) is 37.2 Å². The molecule has 4 heteroatoms. The van der Waals surface area contributed by atoms with Crippen molar-refractivity contribution in [2.75, 3.05) is 0 Å². The van der Waals surface area contributed by atoms with Gasteiger partial charge in [0.15, 0.2) is 0 Å². The molecule has 1 aromatic carbocycles. The van der Waals surface area contributed by atoms with Crippen LogP contribution in [0.4, 0.5) is 0 Å². The standard InChI is InChI=1S/C18H19N3S/c1-10-17-15(11-6-4-5-7-14(11)22-17)16-12(20-10)8-18(2,3)9-13(16)21-19/h4-7H,8-9,19H2,1-3H3/b21-13-. The number of rotatable bonds is 0. The topological polar surface area (TPSA) is 51.3 Å². The Morgan fingerprint density at radius 2 is 2.00 bits per heavy atom. The van der Waals surface area contributed by atoms with Crippen molar-refractivity contribution in [2.24, 2.45) is 16.4 Å². The monoisotopic (exact) mass is 309 g/mol. The summed E-state index contributed by atoms with van der Waals surface area (Å²) in [6.45, 7) is 6.63. The lowest BCUT2D eigenvalue weighted by molar-refractivity contribution is 0.368. The van der Waals surface area contributed by atoms with E-state index in [1.165, 1.54) is 25.7 Å². The highest BCUT2D eigenvalue weighted by atomic mass is 32.1. The fourth-order valence-corrected chi connectivity index (χ4v) is 4.76. The quantitative estimate of drug-likeness (QED) is 0.494. The molecule has 4 rings (SSSR count). The summed E-state index contributed by atoms with van der Waals surface area (Å²) in [5.74, 6) is 5.74. The predicted octanol–water partition coefficient (Wildman–Crippen LogP) is 4.39. The van der Waals surface area contributed by atoms with E-state index in [1.54, 1.807) is 0 Å². The van der Waals surface area contributed by atoms with Gasteiger partial charge in [0.1, 0.15) is 0 Å². The lowest BCUT2D eigenvalue weighted by atomic mass is 9.74. The molecule has 0 radical (unpaired) electrons. The number of aromatic nitrogens is 1. The van der Waals surface area contributed by atoms with Gasteiger partial charge in [-0.2, -0.15) is 5.10 Å². The van der Waals surface area contributed by atoms with E-state index in [0.29, 0.717) is 0 Å². The highest BCUT2D eigenvalue weighted by Crippen LogP contribution is 2.43. The van der Waals surface area contributed by atoms with Crippen molar-refractivity contribution in [1.29, 1.82) is 0 Å². The first-order valence-electron chi connectivity index (χ1n) is 7.58. The van der Waals surface area contributed by atoms with Gasteiger partial charge in [-0.05, 0) is 31.2 Å². The van der Waals surface area contributed by atoms with Crippen molar-refractivity contribution in [3.05, 3.63) is 41.2 Å². The third-order valence-electron chi connectivity index (χ3n) is 4.50. The van der Waals surface area contributed by atoms with Crippen LogP contribution in [0.25, 0.3) is 20.2 Å². The lowest BCUT2D eigenvalue weighted by Gasteiger charge is -2.32. The van der Waals surface area contributed by atoms with Gasteiger partial charge in [-0.3, -0.25) is 4.98 Å². The van der Waals surface area contributed by atoms with E-state index in [-0.39, 0.29) is 5.41 Å². The molecule has 0 unspecified atom stereocenters. The fraction of sp³-hybridized carbons (Fsp3) is 0.333. The molecule has 0 saturated heterocycles. The Labute approximate surface area is 133 Å². The van der Waals surface area contributed by atoms with Crippen LogP contribution in [-0.4, -0.2) is 10.7 Å². The molecule has 0 atom stereocenters. The number of fused-ring (bicyclic) bond motifs is 5. The lowest BCUT2D eigenvalue weighted by Crippen LogP contribution is -2.29. The Morgan fingerprint density at radius 1 is 1.23 bits per heavy atom. The molecule has 3 aromatic rings. The third-order valence-corrected chi connectivity index (χ3v) is 5.78. The van der Waals surface area contributed by atoms with E-state index in [2.05, 4.69) is 50.1 Å². The first-order chi connectivity index (χ1) is 10.5. The summed E-state index contributed by atoms with van der Waals surface area (Å²) in [5, 5.41) is 6.72. The van der Waals surface area contributed by atoms with Gasteiger partial charge in [-0.1, -0.05) is 32.0 Å². The number of nitrogens with two attached hydrogens (primary N) is 1. The highest BCUT2D eigenvalue weighted by molar-refractivity contribution is 7.26. The summed E-state index contributed by atoms with van der Waals surface area (Å²) in [7, 11) is 0. The number of hydrogen-bond donors (Lipinski definition) is 1. The molecule has 0 spiro atoms. The van der Waals surface area contributed by atoms with Gasteiger partial charge >= 0.3 is 0 Å². The molecule has 2 aromatic heterocycles. The number of hydrogen-bond acceptors (Lipinski definition) is 4. The zero-order valence-corrected chi connectivity index (χ0v) is 13.9. The van der Waals surface area contributed by atoms with Crippen LogP contribution in [0.15, 0.2) is 29.4 Å². The second-order valence-corrected chi connectivity index (χ2v) is 7.97. The van der Waals surface area contributed by atoms with Crippen LogP contribution >= 0.6 is 11.3 Å². The summed E-state index contributed by atoms with van der Waals surface area (Å²) < 4.78 is 2.57. The van der Waals surface area contributed by atoms with E-state index in [0.717, 1.165) is 29.9 Å². The van der Waals surface area contributed by atoms with E-state index in [9.17, 15) is 0 Å².